The van der Waals surface area contributed by atoms with Crippen LogP contribution in [0.2, 0.25) is 0 Å². The van der Waals surface area contributed by atoms with Gasteiger partial charge in [-0.15, -0.1) is 0 Å². The maximum absolute atomic E-state index is 10.7. The van der Waals surface area contributed by atoms with E-state index in [-0.39, 0.29) is 0 Å². The Balaban J connectivity index is 1.84. The molecule has 1 fully saturated rings. The smallest absolute Gasteiger partial charge is 0.0772 e. The minimum absolute atomic E-state index is 0.292. The van der Waals surface area contributed by atoms with E-state index in [9.17, 15) is 5.11 Å². The maximum atomic E-state index is 10.7. The predicted molar refractivity (Wildman–Crippen MR) is 92.8 cm³/mol. The third-order valence-corrected chi connectivity index (χ3v) is 5.44. The molecule has 0 spiro atoms. The molecule has 0 saturated heterocycles. The Hall–Kier alpha value is -0.130. The molecule has 112 valence electrons. The summed E-state index contributed by atoms with van der Waals surface area (Å²) in [4.78, 5) is 0. The minimum Gasteiger partial charge on any atom is -0.389 e. The first-order valence-electron chi connectivity index (χ1n) is 7.73. The van der Waals surface area contributed by atoms with Gasteiger partial charge in [-0.05, 0) is 78.8 Å². The van der Waals surface area contributed by atoms with Crippen molar-refractivity contribution in [3.63, 3.8) is 0 Å². The van der Waals surface area contributed by atoms with Crippen molar-refractivity contribution >= 4 is 22.6 Å². The molecule has 0 bridgehead atoms. The van der Waals surface area contributed by atoms with Crippen molar-refractivity contribution in [2.75, 3.05) is 6.54 Å². The molecule has 3 heteroatoms. The summed E-state index contributed by atoms with van der Waals surface area (Å²) in [6.45, 7) is 5.13. The summed E-state index contributed by atoms with van der Waals surface area (Å²) in [6.07, 6.45) is 5.48. The molecule has 1 aliphatic carbocycles. The van der Waals surface area contributed by atoms with Crippen LogP contribution in [0.5, 0.6) is 0 Å². The third kappa shape index (κ3) is 4.43. The molecule has 2 rings (SSSR count). The van der Waals surface area contributed by atoms with E-state index in [0.29, 0.717) is 12.6 Å². The Morgan fingerprint density at radius 1 is 1.30 bits per heavy atom. The molecule has 2 nitrogen and oxygen atoms in total. The number of nitrogens with one attached hydrogen (secondary N) is 1. The number of aliphatic hydroxyl groups is 1. The van der Waals surface area contributed by atoms with Crippen LogP contribution in [0.25, 0.3) is 0 Å². The van der Waals surface area contributed by atoms with E-state index >= 15 is 0 Å². The van der Waals surface area contributed by atoms with Gasteiger partial charge in [-0.1, -0.05) is 25.5 Å². The van der Waals surface area contributed by atoms with Gasteiger partial charge < -0.3 is 10.4 Å². The van der Waals surface area contributed by atoms with E-state index < -0.39 is 5.60 Å². The standard InChI is InChI=1S/C17H26INO/c1-3-14-8-10-17(20,11-9-14)12-19-13(2)15-4-6-16(18)7-5-15/h4-7,13-14,19-20H,3,8-12H2,1-2H3. The molecular formula is C17H26INO. The average molecular weight is 387 g/mol. The van der Waals surface area contributed by atoms with Crippen molar-refractivity contribution in [2.24, 2.45) is 5.92 Å². The van der Waals surface area contributed by atoms with Crippen LogP contribution in [-0.2, 0) is 0 Å². The molecule has 1 aromatic carbocycles. The van der Waals surface area contributed by atoms with Crippen LogP contribution in [0.1, 0.15) is 57.6 Å². The lowest BCUT2D eigenvalue weighted by molar-refractivity contribution is -0.0103. The summed E-state index contributed by atoms with van der Waals surface area (Å²) in [6, 6.07) is 8.89. The highest BCUT2D eigenvalue weighted by Crippen LogP contribution is 2.33. The summed E-state index contributed by atoms with van der Waals surface area (Å²) in [5, 5.41) is 14.2. The number of halogens is 1. The lowest BCUT2D eigenvalue weighted by Gasteiger charge is -2.36. The molecule has 1 unspecified atom stereocenters. The van der Waals surface area contributed by atoms with Crippen LogP contribution >= 0.6 is 22.6 Å². The molecule has 0 radical (unpaired) electrons. The maximum Gasteiger partial charge on any atom is 0.0772 e. The summed E-state index contributed by atoms with van der Waals surface area (Å²) in [7, 11) is 0. The van der Waals surface area contributed by atoms with Crippen molar-refractivity contribution in [3.8, 4) is 0 Å². The number of benzene rings is 1. The van der Waals surface area contributed by atoms with Gasteiger partial charge in [0.25, 0.3) is 0 Å². The van der Waals surface area contributed by atoms with Crippen LogP contribution in [0, 0.1) is 9.49 Å². The summed E-state index contributed by atoms with van der Waals surface area (Å²) < 4.78 is 1.26. The first kappa shape index (κ1) is 16.2. The second-order valence-corrected chi connectivity index (χ2v) is 7.48. The van der Waals surface area contributed by atoms with E-state index in [0.717, 1.165) is 18.8 Å². The monoisotopic (exact) mass is 387 g/mol. The fourth-order valence-corrected chi connectivity index (χ4v) is 3.37. The van der Waals surface area contributed by atoms with Crippen molar-refractivity contribution in [3.05, 3.63) is 33.4 Å². The van der Waals surface area contributed by atoms with Crippen molar-refractivity contribution in [1.82, 2.24) is 5.32 Å². The summed E-state index contributed by atoms with van der Waals surface area (Å²) in [5.74, 6) is 0.823. The second-order valence-electron chi connectivity index (χ2n) is 6.23. The number of hydrogen-bond donors (Lipinski definition) is 2. The highest BCUT2D eigenvalue weighted by molar-refractivity contribution is 14.1. The largest absolute Gasteiger partial charge is 0.389 e. The van der Waals surface area contributed by atoms with Crippen molar-refractivity contribution in [2.45, 2.75) is 57.6 Å². The van der Waals surface area contributed by atoms with Crippen LogP contribution < -0.4 is 5.32 Å². The van der Waals surface area contributed by atoms with Gasteiger partial charge >= 0.3 is 0 Å². The molecule has 0 amide bonds. The molecule has 1 aliphatic rings. The molecule has 20 heavy (non-hydrogen) atoms. The SMILES string of the molecule is CCC1CCC(O)(CNC(C)c2ccc(I)cc2)CC1. The molecule has 0 aromatic heterocycles. The zero-order chi connectivity index (χ0) is 14.6. The average Bonchev–Trinajstić information content (AvgIpc) is 2.46. The Kier molecular flexibility index (Phi) is 5.87. The van der Waals surface area contributed by atoms with Gasteiger partial charge in [0.05, 0.1) is 5.60 Å². The Labute approximate surface area is 136 Å². The van der Waals surface area contributed by atoms with E-state index in [2.05, 4.69) is 66.0 Å². The van der Waals surface area contributed by atoms with Gasteiger partial charge in [-0.3, -0.25) is 0 Å². The summed E-state index contributed by atoms with van der Waals surface area (Å²) in [5.41, 5.74) is 0.791. The van der Waals surface area contributed by atoms with E-state index in [4.69, 9.17) is 0 Å². The van der Waals surface area contributed by atoms with Gasteiger partial charge in [-0.2, -0.15) is 0 Å². The van der Waals surface area contributed by atoms with E-state index in [1.807, 2.05) is 0 Å². The fraction of sp³-hybridized carbons (Fsp3) is 0.647. The van der Waals surface area contributed by atoms with Crippen LogP contribution in [0.15, 0.2) is 24.3 Å². The van der Waals surface area contributed by atoms with Crippen LogP contribution in [-0.4, -0.2) is 17.3 Å². The Bertz CT molecular complexity index is 410. The quantitative estimate of drug-likeness (QED) is 0.740. The van der Waals surface area contributed by atoms with Gasteiger partial charge in [0.2, 0.25) is 0 Å². The van der Waals surface area contributed by atoms with E-state index in [1.165, 1.54) is 28.4 Å². The molecule has 1 aromatic rings. The van der Waals surface area contributed by atoms with Gasteiger partial charge in [0.15, 0.2) is 0 Å². The Morgan fingerprint density at radius 3 is 2.45 bits per heavy atom. The van der Waals surface area contributed by atoms with Crippen molar-refractivity contribution in [1.29, 1.82) is 0 Å². The normalized spacial score (nSPS) is 28.3. The molecule has 0 aliphatic heterocycles. The number of rotatable bonds is 5. The lowest BCUT2D eigenvalue weighted by atomic mass is 9.77. The molecule has 2 N–H and O–H groups in total. The van der Waals surface area contributed by atoms with E-state index in [1.54, 1.807) is 0 Å². The summed E-state index contributed by atoms with van der Waals surface area (Å²) >= 11 is 2.32. The highest BCUT2D eigenvalue weighted by Gasteiger charge is 2.32. The van der Waals surface area contributed by atoms with Crippen LogP contribution in [0.3, 0.4) is 0 Å². The van der Waals surface area contributed by atoms with Gasteiger partial charge in [0, 0.05) is 16.2 Å². The molecule has 0 heterocycles. The van der Waals surface area contributed by atoms with Gasteiger partial charge in [-0.25, -0.2) is 0 Å². The topological polar surface area (TPSA) is 32.3 Å². The van der Waals surface area contributed by atoms with Gasteiger partial charge in [0.1, 0.15) is 0 Å². The highest BCUT2D eigenvalue weighted by atomic mass is 127. The Morgan fingerprint density at radius 2 is 1.90 bits per heavy atom. The third-order valence-electron chi connectivity index (χ3n) is 4.72. The molecule has 1 saturated carbocycles. The zero-order valence-electron chi connectivity index (χ0n) is 12.5. The molecule has 1 atom stereocenters. The van der Waals surface area contributed by atoms with Crippen LogP contribution in [0.4, 0.5) is 0 Å². The molecular weight excluding hydrogens is 361 g/mol. The number of hydrogen-bond acceptors (Lipinski definition) is 2. The fourth-order valence-electron chi connectivity index (χ4n) is 3.01. The predicted octanol–water partition coefficient (Wildman–Crippen LogP) is 4.27. The lowest BCUT2D eigenvalue weighted by Crippen LogP contribution is -2.44. The van der Waals surface area contributed by atoms with Crippen molar-refractivity contribution < 1.29 is 5.11 Å². The first-order chi connectivity index (χ1) is 9.52. The first-order valence-corrected chi connectivity index (χ1v) is 8.81. The zero-order valence-corrected chi connectivity index (χ0v) is 14.7. The second kappa shape index (κ2) is 7.23. The minimum atomic E-state index is -0.497.